The van der Waals surface area contributed by atoms with Gasteiger partial charge in [0.2, 0.25) is 5.91 Å². The zero-order valence-electron chi connectivity index (χ0n) is 16.5. The average molecular weight is 363 g/mol. The van der Waals surface area contributed by atoms with Gasteiger partial charge in [0.15, 0.2) is 0 Å². The lowest BCUT2D eigenvalue weighted by Crippen LogP contribution is -2.17. The van der Waals surface area contributed by atoms with Crippen molar-refractivity contribution in [2.24, 2.45) is 0 Å². The SMILES string of the molecule is Cc1cc(C)c(NC(=O)CCc2c(C)c3ccc(C)cc3oc2=O)c(C)c1. The Morgan fingerprint density at radius 1 is 0.963 bits per heavy atom. The minimum Gasteiger partial charge on any atom is -0.423 e. The molecule has 4 heteroatoms. The summed E-state index contributed by atoms with van der Waals surface area (Å²) in [5.74, 6) is -0.104. The third-order valence-electron chi connectivity index (χ3n) is 4.99. The molecule has 0 saturated heterocycles. The van der Waals surface area contributed by atoms with Gasteiger partial charge >= 0.3 is 5.63 Å². The minimum atomic E-state index is -0.360. The van der Waals surface area contributed by atoms with Gasteiger partial charge in [-0.3, -0.25) is 4.79 Å². The zero-order valence-corrected chi connectivity index (χ0v) is 16.5. The highest BCUT2D eigenvalue weighted by atomic mass is 16.4. The molecule has 0 aliphatic rings. The van der Waals surface area contributed by atoms with E-state index < -0.39 is 0 Å². The summed E-state index contributed by atoms with van der Waals surface area (Å²) in [7, 11) is 0. The van der Waals surface area contributed by atoms with E-state index in [-0.39, 0.29) is 18.0 Å². The molecule has 0 fully saturated rings. The number of rotatable bonds is 4. The van der Waals surface area contributed by atoms with Crippen LogP contribution in [0.3, 0.4) is 0 Å². The molecular formula is C23H25NO3. The number of anilines is 1. The summed E-state index contributed by atoms with van der Waals surface area (Å²) in [6, 6.07) is 9.92. The van der Waals surface area contributed by atoms with Crippen LogP contribution in [0.4, 0.5) is 5.69 Å². The average Bonchev–Trinajstić information content (AvgIpc) is 2.57. The Labute approximate surface area is 159 Å². The van der Waals surface area contributed by atoms with Crippen molar-refractivity contribution in [2.45, 2.75) is 47.5 Å². The highest BCUT2D eigenvalue weighted by Gasteiger charge is 2.14. The molecule has 0 unspecified atom stereocenters. The van der Waals surface area contributed by atoms with Crippen LogP contribution in [0.25, 0.3) is 11.0 Å². The summed E-state index contributed by atoms with van der Waals surface area (Å²) in [5, 5.41) is 3.91. The number of hydrogen-bond donors (Lipinski definition) is 1. The Kier molecular flexibility index (Phi) is 5.17. The van der Waals surface area contributed by atoms with Gasteiger partial charge in [-0.15, -0.1) is 0 Å². The highest BCUT2D eigenvalue weighted by molar-refractivity contribution is 5.92. The number of fused-ring (bicyclic) bond motifs is 1. The van der Waals surface area contributed by atoms with Crippen molar-refractivity contribution < 1.29 is 9.21 Å². The molecule has 140 valence electrons. The van der Waals surface area contributed by atoms with E-state index >= 15 is 0 Å². The molecule has 1 N–H and O–H groups in total. The number of carbonyl (C=O) groups excluding carboxylic acids is 1. The monoisotopic (exact) mass is 363 g/mol. The predicted octanol–water partition coefficient (Wildman–Crippen LogP) is 4.91. The largest absolute Gasteiger partial charge is 0.423 e. The summed E-state index contributed by atoms with van der Waals surface area (Å²) in [5.41, 5.74) is 6.83. The summed E-state index contributed by atoms with van der Waals surface area (Å²) >= 11 is 0. The second-order valence-electron chi connectivity index (χ2n) is 7.31. The lowest BCUT2D eigenvalue weighted by molar-refractivity contribution is -0.116. The van der Waals surface area contributed by atoms with E-state index in [0.717, 1.165) is 33.3 Å². The van der Waals surface area contributed by atoms with Crippen LogP contribution in [0, 0.1) is 34.6 Å². The Balaban J connectivity index is 1.80. The third-order valence-corrected chi connectivity index (χ3v) is 4.99. The van der Waals surface area contributed by atoms with Crippen LogP contribution >= 0.6 is 0 Å². The summed E-state index contributed by atoms with van der Waals surface area (Å²) in [6.07, 6.45) is 0.587. The van der Waals surface area contributed by atoms with Gasteiger partial charge in [0.25, 0.3) is 0 Å². The molecule has 0 aliphatic heterocycles. The molecule has 3 aromatic rings. The maximum Gasteiger partial charge on any atom is 0.339 e. The van der Waals surface area contributed by atoms with Crippen LogP contribution in [-0.4, -0.2) is 5.91 Å². The number of aryl methyl sites for hydroxylation is 5. The lowest BCUT2D eigenvalue weighted by atomic mass is 10.0. The van der Waals surface area contributed by atoms with E-state index in [1.165, 1.54) is 5.56 Å². The van der Waals surface area contributed by atoms with Crippen LogP contribution < -0.4 is 10.9 Å². The highest BCUT2D eigenvalue weighted by Crippen LogP contribution is 2.23. The van der Waals surface area contributed by atoms with E-state index in [1.54, 1.807) is 0 Å². The van der Waals surface area contributed by atoms with Crippen molar-refractivity contribution in [3.63, 3.8) is 0 Å². The van der Waals surface area contributed by atoms with Crippen LogP contribution in [0.1, 0.15) is 39.8 Å². The Bertz CT molecular complexity index is 1070. The fraction of sp³-hybridized carbons (Fsp3) is 0.304. The van der Waals surface area contributed by atoms with Gasteiger partial charge in [0.1, 0.15) is 5.58 Å². The lowest BCUT2D eigenvalue weighted by Gasteiger charge is -2.13. The van der Waals surface area contributed by atoms with Crippen molar-refractivity contribution in [3.05, 3.63) is 74.1 Å². The Morgan fingerprint density at radius 3 is 2.30 bits per heavy atom. The molecule has 27 heavy (non-hydrogen) atoms. The van der Waals surface area contributed by atoms with Crippen molar-refractivity contribution in [1.82, 2.24) is 0 Å². The fourth-order valence-electron chi connectivity index (χ4n) is 3.61. The zero-order chi connectivity index (χ0) is 19.7. The fourth-order valence-corrected chi connectivity index (χ4v) is 3.61. The van der Waals surface area contributed by atoms with Crippen molar-refractivity contribution in [3.8, 4) is 0 Å². The number of nitrogens with one attached hydrogen (secondary N) is 1. The Morgan fingerprint density at radius 2 is 1.63 bits per heavy atom. The van der Waals surface area contributed by atoms with E-state index in [9.17, 15) is 9.59 Å². The van der Waals surface area contributed by atoms with Gasteiger partial charge in [0, 0.05) is 23.1 Å². The molecule has 1 amide bonds. The maximum absolute atomic E-state index is 12.5. The number of hydrogen-bond acceptors (Lipinski definition) is 3. The maximum atomic E-state index is 12.5. The first kappa shape index (κ1) is 18.9. The van der Waals surface area contributed by atoms with Crippen LogP contribution in [0.5, 0.6) is 0 Å². The molecule has 2 aromatic carbocycles. The number of amides is 1. The van der Waals surface area contributed by atoms with Gasteiger partial charge in [0.05, 0.1) is 0 Å². The first-order valence-corrected chi connectivity index (χ1v) is 9.17. The number of benzene rings is 2. The van der Waals surface area contributed by atoms with Crippen molar-refractivity contribution >= 4 is 22.6 Å². The topological polar surface area (TPSA) is 59.3 Å². The van der Waals surface area contributed by atoms with E-state index in [4.69, 9.17) is 4.42 Å². The molecule has 0 spiro atoms. The van der Waals surface area contributed by atoms with E-state index in [2.05, 4.69) is 5.32 Å². The first-order chi connectivity index (χ1) is 12.8. The van der Waals surface area contributed by atoms with Gasteiger partial charge in [-0.2, -0.15) is 0 Å². The molecule has 0 radical (unpaired) electrons. The van der Waals surface area contributed by atoms with E-state index in [0.29, 0.717) is 17.6 Å². The van der Waals surface area contributed by atoms with Crippen LogP contribution in [0.2, 0.25) is 0 Å². The first-order valence-electron chi connectivity index (χ1n) is 9.17. The van der Waals surface area contributed by atoms with Crippen LogP contribution in [0.15, 0.2) is 39.5 Å². The molecule has 0 bridgehead atoms. The smallest absolute Gasteiger partial charge is 0.339 e. The van der Waals surface area contributed by atoms with Crippen molar-refractivity contribution in [2.75, 3.05) is 5.32 Å². The summed E-state index contributed by atoms with van der Waals surface area (Å²) in [6.45, 7) is 9.88. The minimum absolute atomic E-state index is 0.104. The quantitative estimate of drug-likeness (QED) is 0.670. The van der Waals surface area contributed by atoms with E-state index in [1.807, 2.05) is 65.0 Å². The molecular weight excluding hydrogens is 338 g/mol. The summed E-state index contributed by atoms with van der Waals surface area (Å²) in [4.78, 5) is 24.8. The number of carbonyl (C=O) groups is 1. The molecule has 1 aromatic heterocycles. The van der Waals surface area contributed by atoms with Gasteiger partial charge < -0.3 is 9.73 Å². The molecule has 4 nitrogen and oxygen atoms in total. The van der Waals surface area contributed by atoms with Gasteiger partial charge in [-0.1, -0.05) is 29.8 Å². The van der Waals surface area contributed by atoms with Gasteiger partial charge in [-0.25, -0.2) is 4.79 Å². The predicted molar refractivity (Wildman–Crippen MR) is 110 cm³/mol. The molecule has 3 rings (SSSR count). The second-order valence-corrected chi connectivity index (χ2v) is 7.31. The normalized spacial score (nSPS) is 11.0. The Hall–Kier alpha value is -2.88. The van der Waals surface area contributed by atoms with Crippen LogP contribution in [-0.2, 0) is 11.2 Å². The molecule has 1 heterocycles. The molecule has 0 saturated carbocycles. The molecule has 0 atom stereocenters. The summed E-state index contributed by atoms with van der Waals surface area (Å²) < 4.78 is 5.47. The van der Waals surface area contributed by atoms with Crippen molar-refractivity contribution in [1.29, 1.82) is 0 Å². The third kappa shape index (κ3) is 3.95. The standard InChI is InChI=1S/C23H25NO3/c1-13-6-7-18-17(5)19(23(26)27-20(18)12-13)8-9-21(25)24-22-15(3)10-14(2)11-16(22)4/h6-7,10-12H,8-9H2,1-5H3,(H,24,25). The second kappa shape index (κ2) is 7.39. The molecule has 0 aliphatic carbocycles. The van der Waals surface area contributed by atoms with Gasteiger partial charge in [-0.05, 0) is 69.4 Å².